The Hall–Kier alpha value is -1.65. The molecular formula is C17H24N4. The van der Waals surface area contributed by atoms with Crippen molar-refractivity contribution in [1.82, 2.24) is 9.88 Å². The third kappa shape index (κ3) is 2.61. The highest BCUT2D eigenvalue weighted by molar-refractivity contribution is 5.93. The summed E-state index contributed by atoms with van der Waals surface area (Å²) in [4.78, 5) is 9.56. The Bertz CT molecular complexity index is 625. The van der Waals surface area contributed by atoms with E-state index in [1.807, 2.05) is 12.3 Å². The monoisotopic (exact) mass is 284 g/mol. The number of pyridine rings is 1. The summed E-state index contributed by atoms with van der Waals surface area (Å²) in [5.41, 5.74) is 9.44. The molecule has 0 aliphatic carbocycles. The predicted octanol–water partition coefficient (Wildman–Crippen LogP) is 2.22. The molecule has 0 spiro atoms. The van der Waals surface area contributed by atoms with E-state index in [9.17, 15) is 0 Å². The minimum atomic E-state index is 0.537. The number of likely N-dealkylation sites (N-methyl/N-ethyl adjacent to an activating group) is 1. The van der Waals surface area contributed by atoms with E-state index >= 15 is 0 Å². The molecule has 4 heteroatoms. The lowest BCUT2D eigenvalue weighted by molar-refractivity contribution is 0.199. The van der Waals surface area contributed by atoms with E-state index in [0.717, 1.165) is 37.3 Å². The van der Waals surface area contributed by atoms with Crippen molar-refractivity contribution in [2.75, 3.05) is 31.1 Å². The van der Waals surface area contributed by atoms with Gasteiger partial charge in [0.2, 0.25) is 0 Å². The molecule has 4 nitrogen and oxygen atoms in total. The first-order chi connectivity index (χ1) is 10.2. The van der Waals surface area contributed by atoms with Crippen LogP contribution in [0.2, 0.25) is 0 Å². The first-order valence-electron chi connectivity index (χ1n) is 7.80. The van der Waals surface area contributed by atoms with Gasteiger partial charge in [0.15, 0.2) is 0 Å². The molecule has 1 fully saturated rings. The summed E-state index contributed by atoms with van der Waals surface area (Å²) < 4.78 is 0. The highest BCUT2D eigenvalue weighted by Crippen LogP contribution is 2.31. The summed E-state index contributed by atoms with van der Waals surface area (Å²) >= 11 is 0. The molecule has 2 heterocycles. The minimum Gasteiger partial charge on any atom is -0.368 e. The van der Waals surface area contributed by atoms with Crippen LogP contribution in [0, 0.1) is 0 Å². The van der Waals surface area contributed by atoms with Gasteiger partial charge in [-0.05, 0) is 19.5 Å². The van der Waals surface area contributed by atoms with Crippen LogP contribution in [0.3, 0.4) is 0 Å². The molecule has 0 saturated carbocycles. The number of nitrogens with two attached hydrogens (primary N) is 1. The van der Waals surface area contributed by atoms with Crippen LogP contribution in [0.25, 0.3) is 10.9 Å². The van der Waals surface area contributed by atoms with Crippen molar-refractivity contribution >= 4 is 16.6 Å². The van der Waals surface area contributed by atoms with Gasteiger partial charge in [-0.15, -0.1) is 0 Å². The second-order valence-electron chi connectivity index (χ2n) is 5.78. The first kappa shape index (κ1) is 14.3. The second kappa shape index (κ2) is 6.00. The van der Waals surface area contributed by atoms with Crippen molar-refractivity contribution in [2.24, 2.45) is 5.73 Å². The van der Waals surface area contributed by atoms with Crippen molar-refractivity contribution < 1.29 is 0 Å². The fraction of sp³-hybridized carbons (Fsp3) is 0.471. The molecule has 1 unspecified atom stereocenters. The van der Waals surface area contributed by atoms with Gasteiger partial charge < -0.3 is 10.6 Å². The maximum absolute atomic E-state index is 5.96. The van der Waals surface area contributed by atoms with Gasteiger partial charge in [-0.2, -0.15) is 0 Å². The fourth-order valence-corrected chi connectivity index (χ4v) is 3.36. The molecular weight excluding hydrogens is 260 g/mol. The van der Waals surface area contributed by atoms with Crippen LogP contribution in [0.4, 0.5) is 5.69 Å². The highest BCUT2D eigenvalue weighted by atomic mass is 15.3. The Morgan fingerprint density at radius 2 is 2.10 bits per heavy atom. The minimum absolute atomic E-state index is 0.537. The summed E-state index contributed by atoms with van der Waals surface area (Å²) in [6, 6.07) is 8.93. The molecule has 1 aromatic carbocycles. The fourth-order valence-electron chi connectivity index (χ4n) is 3.36. The van der Waals surface area contributed by atoms with Gasteiger partial charge in [-0.1, -0.05) is 25.1 Å². The molecule has 1 aromatic heterocycles. The highest BCUT2D eigenvalue weighted by Gasteiger charge is 2.25. The number of hydrogen-bond acceptors (Lipinski definition) is 4. The van der Waals surface area contributed by atoms with Gasteiger partial charge in [0.05, 0.1) is 11.2 Å². The number of anilines is 1. The van der Waals surface area contributed by atoms with Crippen LogP contribution < -0.4 is 10.6 Å². The molecule has 2 N–H and O–H groups in total. The Kier molecular flexibility index (Phi) is 4.08. The van der Waals surface area contributed by atoms with Crippen LogP contribution >= 0.6 is 0 Å². The summed E-state index contributed by atoms with van der Waals surface area (Å²) in [6.07, 6.45) is 1.94. The number of hydrogen-bond donors (Lipinski definition) is 1. The quantitative estimate of drug-likeness (QED) is 0.939. The van der Waals surface area contributed by atoms with Crippen molar-refractivity contribution in [3.05, 3.63) is 36.0 Å². The number of rotatable bonds is 3. The normalized spacial score (nSPS) is 20.1. The van der Waals surface area contributed by atoms with E-state index in [1.165, 1.54) is 11.1 Å². The zero-order valence-electron chi connectivity index (χ0n) is 12.9. The van der Waals surface area contributed by atoms with Crippen LogP contribution in [-0.2, 0) is 6.54 Å². The van der Waals surface area contributed by atoms with Gasteiger partial charge >= 0.3 is 0 Å². The van der Waals surface area contributed by atoms with Gasteiger partial charge in [-0.25, -0.2) is 0 Å². The van der Waals surface area contributed by atoms with Crippen LogP contribution in [0.1, 0.15) is 19.4 Å². The molecule has 21 heavy (non-hydrogen) atoms. The Morgan fingerprint density at radius 1 is 1.29 bits per heavy atom. The van der Waals surface area contributed by atoms with Gasteiger partial charge in [0, 0.05) is 49.4 Å². The first-order valence-corrected chi connectivity index (χ1v) is 7.80. The molecule has 1 saturated heterocycles. The molecule has 3 rings (SSSR count). The summed E-state index contributed by atoms with van der Waals surface area (Å²) in [5, 5.41) is 1.22. The predicted molar refractivity (Wildman–Crippen MR) is 88.6 cm³/mol. The zero-order valence-corrected chi connectivity index (χ0v) is 12.9. The largest absolute Gasteiger partial charge is 0.368 e. The number of benzene rings is 1. The number of para-hydroxylation sites is 1. The Labute approximate surface area is 126 Å². The molecule has 0 amide bonds. The maximum Gasteiger partial charge on any atom is 0.0723 e. The third-order valence-corrected chi connectivity index (χ3v) is 4.53. The Morgan fingerprint density at radius 3 is 2.81 bits per heavy atom. The molecule has 112 valence electrons. The van der Waals surface area contributed by atoms with E-state index in [-0.39, 0.29) is 0 Å². The zero-order chi connectivity index (χ0) is 14.8. The van der Waals surface area contributed by atoms with E-state index in [4.69, 9.17) is 5.73 Å². The van der Waals surface area contributed by atoms with Crippen molar-refractivity contribution in [1.29, 1.82) is 0 Å². The Balaban J connectivity index is 2.03. The molecule has 2 aromatic rings. The standard InChI is InChI=1S/C17H24N4/c1-3-20-8-9-21(12-13(20)2)17-14(10-18)11-19-16-7-5-4-6-15(16)17/h4-7,11,13H,3,8-10,12,18H2,1-2H3. The number of fused-ring (bicyclic) bond motifs is 1. The summed E-state index contributed by atoms with van der Waals surface area (Å²) in [7, 11) is 0. The van der Waals surface area contributed by atoms with Gasteiger partial charge in [0.1, 0.15) is 0 Å². The van der Waals surface area contributed by atoms with Gasteiger partial charge in [0.25, 0.3) is 0 Å². The lowest BCUT2D eigenvalue weighted by Crippen LogP contribution is -2.52. The molecule has 0 bridgehead atoms. The summed E-state index contributed by atoms with van der Waals surface area (Å²) in [6.45, 7) is 9.41. The van der Waals surface area contributed by atoms with E-state index < -0.39 is 0 Å². The van der Waals surface area contributed by atoms with Gasteiger partial charge in [-0.3, -0.25) is 9.88 Å². The second-order valence-corrected chi connectivity index (χ2v) is 5.78. The SMILES string of the molecule is CCN1CCN(c2c(CN)cnc3ccccc23)CC1C. The lowest BCUT2D eigenvalue weighted by Gasteiger charge is -2.41. The number of nitrogens with zero attached hydrogens (tertiary/aromatic N) is 3. The van der Waals surface area contributed by atoms with Crippen LogP contribution in [-0.4, -0.2) is 42.1 Å². The number of piperazine rings is 1. The number of aromatic nitrogens is 1. The molecule has 1 atom stereocenters. The smallest absolute Gasteiger partial charge is 0.0723 e. The van der Waals surface area contributed by atoms with Crippen molar-refractivity contribution in [3.63, 3.8) is 0 Å². The molecule has 1 aliphatic heterocycles. The van der Waals surface area contributed by atoms with Crippen LogP contribution in [0.15, 0.2) is 30.5 Å². The molecule has 1 aliphatic rings. The average molecular weight is 284 g/mol. The molecule has 0 radical (unpaired) electrons. The third-order valence-electron chi connectivity index (χ3n) is 4.53. The maximum atomic E-state index is 5.96. The van der Waals surface area contributed by atoms with Crippen LogP contribution in [0.5, 0.6) is 0 Å². The van der Waals surface area contributed by atoms with Crippen molar-refractivity contribution in [3.8, 4) is 0 Å². The van der Waals surface area contributed by atoms with E-state index in [2.05, 4.69) is 46.8 Å². The average Bonchev–Trinajstić information content (AvgIpc) is 2.53. The topological polar surface area (TPSA) is 45.4 Å². The van der Waals surface area contributed by atoms with E-state index in [0.29, 0.717) is 12.6 Å². The van der Waals surface area contributed by atoms with Crippen molar-refractivity contribution in [2.45, 2.75) is 26.4 Å². The van der Waals surface area contributed by atoms with E-state index in [1.54, 1.807) is 0 Å². The summed E-state index contributed by atoms with van der Waals surface area (Å²) in [5.74, 6) is 0. The lowest BCUT2D eigenvalue weighted by atomic mass is 10.1.